The molecule has 0 nitrogen and oxygen atoms in total. The standard InChI is InChI=1S/4CH3.F6P.U/c;;;;1-7(2,3,4,5)6;/h4*1H3;;/q;;;;-1;. The average Bonchev–Trinajstić information content (AvgIpc) is 1.04. The van der Waals surface area contributed by atoms with Crippen LogP contribution in [0.2, 0.25) is 15.8 Å². The van der Waals surface area contributed by atoms with Gasteiger partial charge in [0.05, 0.1) is 0 Å². The second kappa shape index (κ2) is 3.03. The minimum atomic E-state index is -10.7. The predicted molar refractivity (Wildman–Crippen MR) is 37.0 cm³/mol. The van der Waals surface area contributed by atoms with E-state index in [1.807, 2.05) is 0 Å². The predicted octanol–water partition coefficient (Wildman–Crippen LogP) is 5.72. The van der Waals surface area contributed by atoms with Gasteiger partial charge in [0.2, 0.25) is 0 Å². The van der Waals surface area contributed by atoms with Crippen LogP contribution in [0.4, 0.5) is 25.2 Å². The summed E-state index contributed by atoms with van der Waals surface area (Å²) in [6, 6.07) is 0. The van der Waals surface area contributed by atoms with Gasteiger partial charge in [0.25, 0.3) is 0 Å². The van der Waals surface area contributed by atoms with Gasteiger partial charge in [-0.2, -0.15) is 0 Å². The van der Waals surface area contributed by atoms with Crippen molar-refractivity contribution >= 4 is 7.81 Å². The summed E-state index contributed by atoms with van der Waals surface area (Å²) >= 11 is -1.34. The summed E-state index contributed by atoms with van der Waals surface area (Å²) in [5.41, 5.74) is 0. The van der Waals surface area contributed by atoms with Crippen LogP contribution in [0, 0.1) is 24.4 Å². The van der Waals surface area contributed by atoms with Crippen molar-refractivity contribution < 1.29 is 49.5 Å². The van der Waals surface area contributed by atoms with Crippen LogP contribution >= 0.6 is 7.81 Å². The molecule has 0 bridgehead atoms. The van der Waals surface area contributed by atoms with Gasteiger partial charge in [-0.05, 0) is 0 Å². The maximum absolute atomic E-state index is 10.7. The summed E-state index contributed by atoms with van der Waals surface area (Å²) in [7, 11) is -10.7. The summed E-state index contributed by atoms with van der Waals surface area (Å²) in [4.78, 5) is 0. The average molecular weight is 443 g/mol. The van der Waals surface area contributed by atoms with Crippen LogP contribution in [0.5, 0.6) is 0 Å². The van der Waals surface area contributed by atoms with Crippen molar-refractivity contribution in [2.24, 2.45) is 0 Å². The van der Waals surface area contributed by atoms with E-state index >= 15 is 0 Å². The fourth-order valence-electron chi connectivity index (χ4n) is 0. The molecule has 0 aliphatic heterocycles. The van der Waals surface area contributed by atoms with Gasteiger partial charge in [0.1, 0.15) is 0 Å². The van der Waals surface area contributed by atoms with Crippen molar-refractivity contribution in [2.45, 2.75) is 15.8 Å². The van der Waals surface area contributed by atoms with E-state index in [2.05, 4.69) is 15.8 Å². The van der Waals surface area contributed by atoms with Crippen molar-refractivity contribution in [1.82, 2.24) is 0 Å². The zero-order chi connectivity index (χ0) is 10.9. The van der Waals surface area contributed by atoms with Crippen molar-refractivity contribution in [1.29, 1.82) is 0 Å². The molecule has 0 heterocycles. The SMILES string of the molecule is F[P-](F)(F)(F)(F)F.[CH3][U]([CH3])([CH3])[CH3]. The molecule has 0 fully saturated rings. The molecule has 0 aromatic rings. The van der Waals surface area contributed by atoms with Gasteiger partial charge in [-0.15, -0.1) is 0 Å². The third-order valence-electron chi connectivity index (χ3n) is 0. The summed E-state index contributed by atoms with van der Waals surface area (Å²) in [5, 5.41) is 0. The van der Waals surface area contributed by atoms with E-state index in [0.717, 1.165) is 0 Å². The van der Waals surface area contributed by atoms with Crippen LogP contribution in [0.3, 0.4) is 0 Å². The summed E-state index contributed by atoms with van der Waals surface area (Å²) in [5.74, 6) is 0. The molecule has 0 atom stereocenters. The number of hydrogen-bond donors (Lipinski definition) is 0. The molecule has 8 heteroatoms. The molecule has 0 saturated carbocycles. The second-order valence-corrected chi connectivity index (χ2v) is 30.9. The molecule has 0 aliphatic carbocycles. The number of halogens is 6. The van der Waals surface area contributed by atoms with Crippen LogP contribution in [-0.2, 0) is 0 Å². The molecule has 0 spiro atoms. The van der Waals surface area contributed by atoms with Crippen LogP contribution in [0.1, 0.15) is 0 Å². The molecule has 0 aromatic heterocycles. The molecule has 0 saturated heterocycles. The first-order valence-electron chi connectivity index (χ1n) is 3.01. The molecular weight excluding hydrogens is 431 g/mol. The normalized spacial score (nSPS) is 18.5. The van der Waals surface area contributed by atoms with E-state index in [0.29, 0.717) is 0 Å². The van der Waals surface area contributed by atoms with Crippen molar-refractivity contribution in [2.75, 3.05) is 0 Å². The molecule has 0 aliphatic rings. The van der Waals surface area contributed by atoms with E-state index in [1.165, 1.54) is 0 Å². The first-order valence-corrected chi connectivity index (χ1v) is 21.7. The Morgan fingerprint density at radius 1 is 0.667 bits per heavy atom. The molecular formula is C4H12F6PU-. The fourth-order valence-corrected chi connectivity index (χ4v) is 0. The van der Waals surface area contributed by atoms with Crippen LogP contribution in [0.25, 0.3) is 0 Å². The molecule has 80 valence electrons. The van der Waals surface area contributed by atoms with Gasteiger partial charge < -0.3 is 0 Å². The van der Waals surface area contributed by atoms with Crippen LogP contribution < -0.4 is 0 Å². The van der Waals surface area contributed by atoms with Crippen LogP contribution in [0.15, 0.2) is 0 Å². The van der Waals surface area contributed by atoms with E-state index in [9.17, 15) is 25.2 Å². The Kier molecular flexibility index (Phi) is 3.92. The zero-order valence-electron chi connectivity index (χ0n) is 7.22. The summed E-state index contributed by atoms with van der Waals surface area (Å²) in [6.07, 6.45) is 0. The van der Waals surface area contributed by atoms with Crippen molar-refractivity contribution in [3.05, 3.63) is 0 Å². The zero-order valence-corrected chi connectivity index (χ0v) is 12.3. The second-order valence-electron chi connectivity index (χ2n) is 3.96. The van der Waals surface area contributed by atoms with Gasteiger partial charge in [-0.3, -0.25) is 0 Å². The Morgan fingerprint density at radius 2 is 0.667 bits per heavy atom. The van der Waals surface area contributed by atoms with Gasteiger partial charge in [0.15, 0.2) is 0 Å². The van der Waals surface area contributed by atoms with Crippen molar-refractivity contribution in [3.8, 4) is 0 Å². The van der Waals surface area contributed by atoms with Gasteiger partial charge in [-0.25, -0.2) is 0 Å². The monoisotopic (exact) mass is 443 g/mol. The Bertz CT molecular complexity index is 130. The fraction of sp³-hybridized carbons (Fsp3) is 1.00. The topological polar surface area (TPSA) is 0 Å². The number of rotatable bonds is 0. The van der Waals surface area contributed by atoms with E-state index in [-0.39, 0.29) is 0 Å². The molecule has 0 radical (unpaired) electrons. The summed E-state index contributed by atoms with van der Waals surface area (Å²) < 4.78 is 68.9. The maximum atomic E-state index is 9.87. The van der Waals surface area contributed by atoms with Gasteiger partial charge in [0, 0.05) is 0 Å². The third-order valence-corrected chi connectivity index (χ3v) is 0. The molecule has 12 heavy (non-hydrogen) atoms. The molecule has 0 rings (SSSR count). The van der Waals surface area contributed by atoms with E-state index in [1.54, 1.807) is 0 Å². The summed E-state index contributed by atoms with van der Waals surface area (Å²) in [6.45, 7) is 0. The molecule has 0 unspecified atom stereocenters. The minimum absolute atomic E-state index is 1.34. The Hall–Kier alpha value is 1.06. The first kappa shape index (κ1) is 15.5. The molecule has 0 amide bonds. The van der Waals surface area contributed by atoms with Gasteiger partial charge in [-0.1, -0.05) is 0 Å². The number of hydrogen-bond acceptors (Lipinski definition) is 0. The quantitative estimate of drug-likeness (QED) is 0.332. The van der Waals surface area contributed by atoms with Crippen LogP contribution in [-0.4, -0.2) is 0 Å². The molecule has 0 aromatic carbocycles. The van der Waals surface area contributed by atoms with E-state index in [4.69, 9.17) is 0 Å². The third kappa shape index (κ3) is 993. The first-order chi connectivity index (χ1) is 4.45. The Morgan fingerprint density at radius 3 is 0.667 bits per heavy atom. The Labute approximate surface area is 73.1 Å². The van der Waals surface area contributed by atoms with Crippen molar-refractivity contribution in [3.63, 3.8) is 0 Å². The Balaban J connectivity index is 0. The molecule has 0 N–H and O–H groups in total. The van der Waals surface area contributed by atoms with Gasteiger partial charge >= 0.3 is 73.2 Å². The van der Waals surface area contributed by atoms with E-state index < -0.39 is 32.2 Å².